The van der Waals surface area contributed by atoms with E-state index in [2.05, 4.69) is 11.5 Å². The number of carbonyl (C=O) groups is 2. The average Bonchev–Trinajstić information content (AvgIpc) is 3.02. The first kappa shape index (κ1) is 41.2. The summed E-state index contributed by atoms with van der Waals surface area (Å²) in [5.74, 6) is 0.924. The van der Waals surface area contributed by atoms with Crippen molar-refractivity contribution in [2.24, 2.45) is 0 Å². The molecule has 270 valence electrons. The van der Waals surface area contributed by atoms with Crippen molar-refractivity contribution >= 4 is 42.2 Å². The van der Waals surface area contributed by atoms with Gasteiger partial charge in [0.2, 0.25) is 0 Å². The van der Waals surface area contributed by atoms with Gasteiger partial charge < -0.3 is 9.47 Å². The zero-order valence-electron chi connectivity index (χ0n) is 27.9. The minimum Gasteiger partial charge on any atom is -0.488 e. The van der Waals surface area contributed by atoms with Gasteiger partial charge in [-0.05, 0) is 85.0 Å². The molecule has 0 radical (unpaired) electrons. The van der Waals surface area contributed by atoms with Gasteiger partial charge in [-0.25, -0.2) is 8.78 Å². The maximum atomic E-state index is 14.4. The molecule has 4 aromatic rings. The van der Waals surface area contributed by atoms with Crippen molar-refractivity contribution in [3.8, 4) is 23.0 Å². The van der Waals surface area contributed by atoms with Crippen LogP contribution in [0.3, 0.4) is 0 Å². The highest BCUT2D eigenvalue weighted by molar-refractivity contribution is 14.1. The van der Waals surface area contributed by atoms with E-state index in [4.69, 9.17) is 9.47 Å². The molecule has 4 aromatic carbocycles. The Bertz CT molecular complexity index is 1970. The summed E-state index contributed by atoms with van der Waals surface area (Å²) in [5, 5.41) is 0. The van der Waals surface area contributed by atoms with E-state index in [9.17, 15) is 44.7 Å². The van der Waals surface area contributed by atoms with E-state index in [0.717, 1.165) is 24.3 Å². The normalized spacial score (nSPS) is 11.5. The van der Waals surface area contributed by atoms with Crippen LogP contribution >= 0.6 is 22.6 Å². The molecule has 0 fully saturated rings. The summed E-state index contributed by atoms with van der Waals surface area (Å²) >= 11 is 1.72. The summed E-state index contributed by atoms with van der Waals surface area (Å²) in [5.41, 5.74) is 1.69. The minimum absolute atomic E-state index is 0.0479. The van der Waals surface area contributed by atoms with Crippen molar-refractivity contribution in [1.82, 2.24) is 0 Å². The summed E-state index contributed by atoms with van der Waals surface area (Å²) in [6.45, 7) is 7.99. The Morgan fingerprint density at radius 3 is 1.53 bits per heavy atom. The number of halogens is 9. The molecule has 0 unspecified atom stereocenters. The van der Waals surface area contributed by atoms with Gasteiger partial charge in [-0.15, -0.1) is 5.54 Å². The Balaban J connectivity index is 0.000000281. The lowest BCUT2D eigenvalue weighted by molar-refractivity contribution is -0.138. The largest absolute Gasteiger partial charge is 0.488 e. The highest BCUT2D eigenvalue weighted by Gasteiger charge is 2.32. The SMILES string of the molecule is CC(=O)c1cccc(COc2ccc(C(F)(F)F)cc2C#C[Si](C)(C)C)c1F.CC(=O)c1cccc(COc2ccc(C(F)(F)F)cc2I)c1F. The Hall–Kier alpha value is -4.23. The molecule has 14 heteroatoms. The zero-order chi connectivity index (χ0) is 38.3. The van der Waals surface area contributed by atoms with Gasteiger partial charge in [-0.2, -0.15) is 26.3 Å². The van der Waals surface area contributed by atoms with Gasteiger partial charge in [0, 0.05) is 11.1 Å². The molecule has 0 bridgehead atoms. The third kappa shape index (κ3) is 11.9. The maximum Gasteiger partial charge on any atom is 0.416 e. The third-order valence-electron chi connectivity index (χ3n) is 6.82. The van der Waals surface area contributed by atoms with Crippen LogP contribution < -0.4 is 9.47 Å². The van der Waals surface area contributed by atoms with Crippen molar-refractivity contribution in [3.05, 3.63) is 127 Å². The lowest BCUT2D eigenvalue weighted by Crippen LogP contribution is -2.16. The average molecular weight is 847 g/mol. The topological polar surface area (TPSA) is 52.6 Å². The molecule has 0 aliphatic heterocycles. The van der Waals surface area contributed by atoms with E-state index in [1.54, 1.807) is 22.6 Å². The molecular formula is C37H31F8IO4Si. The third-order valence-corrected chi connectivity index (χ3v) is 8.54. The molecule has 0 saturated carbocycles. The highest BCUT2D eigenvalue weighted by Crippen LogP contribution is 2.34. The van der Waals surface area contributed by atoms with E-state index in [-0.39, 0.29) is 56.1 Å². The minimum atomic E-state index is -4.50. The van der Waals surface area contributed by atoms with Gasteiger partial charge in [0.25, 0.3) is 0 Å². The highest BCUT2D eigenvalue weighted by atomic mass is 127. The molecule has 0 N–H and O–H groups in total. The number of hydrogen-bond donors (Lipinski definition) is 0. The molecule has 51 heavy (non-hydrogen) atoms. The van der Waals surface area contributed by atoms with Crippen LogP contribution in [-0.2, 0) is 25.6 Å². The summed E-state index contributed by atoms with van der Waals surface area (Å²) in [6.07, 6.45) is -8.93. The molecule has 4 nitrogen and oxygen atoms in total. The van der Waals surface area contributed by atoms with E-state index < -0.39 is 54.8 Å². The first-order chi connectivity index (χ1) is 23.6. The van der Waals surface area contributed by atoms with Crippen molar-refractivity contribution in [3.63, 3.8) is 0 Å². The molecule has 0 spiro atoms. The van der Waals surface area contributed by atoms with Gasteiger partial charge in [-0.3, -0.25) is 9.59 Å². The van der Waals surface area contributed by atoms with Gasteiger partial charge >= 0.3 is 12.4 Å². The monoisotopic (exact) mass is 846 g/mol. The first-order valence-electron chi connectivity index (χ1n) is 15.0. The molecule has 0 aliphatic rings. The van der Waals surface area contributed by atoms with Crippen LogP contribution in [-0.4, -0.2) is 19.6 Å². The smallest absolute Gasteiger partial charge is 0.416 e. The van der Waals surface area contributed by atoms with Crippen molar-refractivity contribution in [1.29, 1.82) is 0 Å². The molecule has 0 saturated heterocycles. The second-order valence-electron chi connectivity index (χ2n) is 12.1. The summed E-state index contributed by atoms with van der Waals surface area (Å²) in [4.78, 5) is 22.7. The lowest BCUT2D eigenvalue weighted by atomic mass is 10.1. The molecule has 4 rings (SSSR count). The fraction of sp³-hybridized carbons (Fsp3) is 0.243. The van der Waals surface area contributed by atoms with E-state index in [1.807, 2.05) is 19.6 Å². The van der Waals surface area contributed by atoms with Crippen molar-refractivity contribution in [2.75, 3.05) is 0 Å². The van der Waals surface area contributed by atoms with Crippen LogP contribution in [0.25, 0.3) is 0 Å². The van der Waals surface area contributed by atoms with Gasteiger partial charge in [0.05, 0.1) is 31.4 Å². The summed E-state index contributed by atoms with van der Waals surface area (Å²) in [6, 6.07) is 14.8. The molecule has 0 aliphatic carbocycles. The number of Topliss-reactive ketones (excluding diaryl/α,β-unsaturated/α-hetero) is 2. The fourth-order valence-corrected chi connectivity index (χ4v) is 5.40. The van der Waals surface area contributed by atoms with E-state index in [1.165, 1.54) is 62.4 Å². The summed E-state index contributed by atoms with van der Waals surface area (Å²) in [7, 11) is -1.84. The predicted molar refractivity (Wildman–Crippen MR) is 187 cm³/mol. The standard InChI is InChI=1S/C21H20F4O2Si.C16H11F4IO2/c1-14(26)18-7-5-6-16(20(18)22)13-27-19-9-8-17(21(23,24)25)12-15(19)10-11-28(2,3)4;1-9(22)12-4-2-3-10(15(12)17)8-23-14-6-5-11(7-13(14)21)16(18,19)20/h5-9,12H,13H2,1-4H3;2-7H,8H2,1H3. The quantitative estimate of drug-likeness (QED) is 0.0583. The Morgan fingerprint density at radius 2 is 1.12 bits per heavy atom. The Morgan fingerprint density at radius 1 is 0.686 bits per heavy atom. The van der Waals surface area contributed by atoms with Crippen molar-refractivity contribution < 1.29 is 54.2 Å². The number of rotatable bonds is 8. The van der Waals surface area contributed by atoms with Gasteiger partial charge in [0.15, 0.2) is 11.6 Å². The molecule has 0 aromatic heterocycles. The van der Waals surface area contributed by atoms with Crippen LogP contribution in [0.4, 0.5) is 35.1 Å². The molecule has 0 heterocycles. The number of benzene rings is 4. The fourth-order valence-electron chi connectivity index (χ4n) is 4.22. The maximum absolute atomic E-state index is 14.4. The van der Waals surface area contributed by atoms with Crippen LogP contribution in [0.2, 0.25) is 19.6 Å². The Kier molecular flexibility index (Phi) is 13.6. The second kappa shape index (κ2) is 16.9. The predicted octanol–water partition coefficient (Wildman–Crippen LogP) is 11.1. The summed E-state index contributed by atoms with van der Waals surface area (Å²) < 4.78 is 117. The zero-order valence-corrected chi connectivity index (χ0v) is 31.0. The van der Waals surface area contributed by atoms with Crippen LogP contribution in [0.15, 0.2) is 72.8 Å². The first-order valence-corrected chi connectivity index (χ1v) is 19.6. The van der Waals surface area contributed by atoms with E-state index >= 15 is 0 Å². The molecule has 0 amide bonds. The van der Waals surface area contributed by atoms with E-state index in [0.29, 0.717) is 0 Å². The number of alkyl halides is 6. The van der Waals surface area contributed by atoms with Crippen LogP contribution in [0.5, 0.6) is 11.5 Å². The number of carbonyl (C=O) groups excluding carboxylic acids is 2. The van der Waals surface area contributed by atoms with Gasteiger partial charge in [-0.1, -0.05) is 49.8 Å². The van der Waals surface area contributed by atoms with Gasteiger partial charge in [0.1, 0.15) is 44.4 Å². The molecule has 0 atom stereocenters. The van der Waals surface area contributed by atoms with Crippen LogP contribution in [0, 0.1) is 26.7 Å². The van der Waals surface area contributed by atoms with Crippen LogP contribution in [0.1, 0.15) is 62.4 Å². The number of hydrogen-bond acceptors (Lipinski definition) is 4. The molecular weight excluding hydrogens is 815 g/mol. The second-order valence-corrected chi connectivity index (χ2v) is 18.0. The van der Waals surface area contributed by atoms with Crippen molar-refractivity contribution in [2.45, 2.75) is 59.1 Å². The Labute approximate surface area is 304 Å². The lowest BCUT2D eigenvalue weighted by Gasteiger charge is -2.13. The number of ketones is 2. The number of ether oxygens (including phenoxy) is 2.